The van der Waals surface area contributed by atoms with E-state index < -0.39 is 74.5 Å². The molecule has 2 aromatic carbocycles. The highest BCUT2D eigenvalue weighted by Crippen LogP contribution is 2.29. The molecule has 2 saturated heterocycles. The molecule has 0 radical (unpaired) electrons. The maximum absolute atomic E-state index is 11.2. The monoisotopic (exact) mass is 580 g/mol. The number of aliphatic hydroxyl groups excluding tert-OH is 6. The molecule has 0 spiro atoms. The van der Waals surface area contributed by atoms with Gasteiger partial charge in [0.25, 0.3) is 0 Å². The summed E-state index contributed by atoms with van der Waals surface area (Å²) in [6.45, 7) is -0.479. The summed E-state index contributed by atoms with van der Waals surface area (Å²) in [6, 6.07) is 14.0. The SMILES string of the molecule is COc1ccc(CN[C@@H]2[C@@H](O[C@H]3O[C@H](CO)[C@@H](O)[C@H](O)[C@H]3O)[C@H](O)[C@@H](CO)O[C@@H]2NCc2ccc(OC)cc2)cc1. The quantitative estimate of drug-likeness (QED) is 0.141. The molecule has 13 heteroatoms. The van der Waals surface area contributed by atoms with Crippen molar-refractivity contribution in [3.63, 3.8) is 0 Å². The number of benzene rings is 2. The maximum atomic E-state index is 11.2. The van der Waals surface area contributed by atoms with Crippen molar-refractivity contribution in [3.05, 3.63) is 59.7 Å². The van der Waals surface area contributed by atoms with Gasteiger partial charge in [0, 0.05) is 13.1 Å². The fourth-order valence-electron chi connectivity index (χ4n) is 4.94. The Morgan fingerprint density at radius 2 is 1.17 bits per heavy atom. The Hall–Kier alpha value is -2.40. The van der Waals surface area contributed by atoms with Gasteiger partial charge in [-0.15, -0.1) is 0 Å². The van der Waals surface area contributed by atoms with Gasteiger partial charge in [0.2, 0.25) is 0 Å². The van der Waals surface area contributed by atoms with E-state index >= 15 is 0 Å². The van der Waals surface area contributed by atoms with Gasteiger partial charge in [-0.1, -0.05) is 24.3 Å². The normalized spacial score (nSPS) is 33.9. The molecule has 0 bridgehead atoms. The molecule has 0 saturated carbocycles. The molecule has 10 atom stereocenters. The second kappa shape index (κ2) is 14.7. The van der Waals surface area contributed by atoms with Gasteiger partial charge in [0.15, 0.2) is 6.29 Å². The Kier molecular flexibility index (Phi) is 11.3. The summed E-state index contributed by atoms with van der Waals surface area (Å²) in [5.74, 6) is 1.40. The Labute approximate surface area is 238 Å². The Balaban J connectivity index is 1.58. The van der Waals surface area contributed by atoms with Gasteiger partial charge in [0.05, 0.1) is 33.5 Å². The first-order chi connectivity index (χ1) is 19.8. The smallest absolute Gasteiger partial charge is 0.187 e. The molecule has 0 aliphatic carbocycles. The lowest BCUT2D eigenvalue weighted by Gasteiger charge is -2.48. The van der Waals surface area contributed by atoms with Crippen LogP contribution in [0, 0.1) is 0 Å². The Morgan fingerprint density at radius 3 is 1.68 bits per heavy atom. The van der Waals surface area contributed by atoms with Crippen LogP contribution < -0.4 is 20.1 Å². The average Bonchev–Trinajstić information content (AvgIpc) is 3.01. The van der Waals surface area contributed by atoms with Crippen molar-refractivity contribution in [1.82, 2.24) is 10.6 Å². The van der Waals surface area contributed by atoms with Crippen LogP contribution in [0.4, 0.5) is 0 Å². The van der Waals surface area contributed by atoms with E-state index in [1.165, 1.54) is 0 Å². The third-order valence-electron chi connectivity index (χ3n) is 7.41. The summed E-state index contributed by atoms with van der Waals surface area (Å²) in [4.78, 5) is 0. The highest BCUT2D eigenvalue weighted by molar-refractivity contribution is 5.28. The van der Waals surface area contributed by atoms with Gasteiger partial charge in [0.1, 0.15) is 60.5 Å². The van der Waals surface area contributed by atoms with Crippen LogP contribution in [0.25, 0.3) is 0 Å². The number of nitrogens with one attached hydrogen (secondary N) is 2. The summed E-state index contributed by atoms with van der Waals surface area (Å²) < 4.78 is 28.1. The summed E-state index contributed by atoms with van der Waals surface area (Å²) in [5.41, 5.74) is 1.81. The van der Waals surface area contributed by atoms with Crippen molar-refractivity contribution in [2.24, 2.45) is 0 Å². The zero-order valence-corrected chi connectivity index (χ0v) is 22.9. The standard InChI is InChI=1S/C28H40N2O11/c1-37-17-7-3-15(4-8-17)11-29-21-26(41-28-25(36)24(35)22(33)19(13-31)40-28)23(34)20(14-32)39-27(21)30-12-16-5-9-18(38-2)10-6-16/h3-10,19-36H,11-14H2,1-2H3/t19-,20-,21-,22-,23-,24+,25-,26-,27+,28-/m1/s1. The number of rotatable bonds is 12. The number of methoxy groups -OCH3 is 2. The first kappa shape index (κ1) is 31.5. The topological polar surface area (TPSA) is 192 Å². The van der Waals surface area contributed by atoms with Crippen molar-refractivity contribution in [2.45, 2.75) is 74.4 Å². The molecular formula is C28H40N2O11. The first-order valence-electron chi connectivity index (χ1n) is 13.4. The fraction of sp³-hybridized carbons (Fsp3) is 0.571. The predicted molar refractivity (Wildman–Crippen MR) is 144 cm³/mol. The van der Waals surface area contributed by atoms with E-state index in [0.29, 0.717) is 24.6 Å². The van der Waals surface area contributed by atoms with Gasteiger partial charge in [-0.2, -0.15) is 0 Å². The minimum absolute atomic E-state index is 0.323. The highest BCUT2D eigenvalue weighted by Gasteiger charge is 2.50. The summed E-state index contributed by atoms with van der Waals surface area (Å²) in [7, 11) is 3.16. The lowest BCUT2D eigenvalue weighted by Crippen LogP contribution is -2.69. The zero-order valence-electron chi connectivity index (χ0n) is 22.9. The number of hydrogen-bond donors (Lipinski definition) is 8. The molecule has 13 nitrogen and oxygen atoms in total. The first-order valence-corrected chi connectivity index (χ1v) is 13.4. The average molecular weight is 581 g/mol. The van der Waals surface area contributed by atoms with Crippen LogP contribution in [0.2, 0.25) is 0 Å². The molecule has 0 amide bonds. The van der Waals surface area contributed by atoms with Gasteiger partial charge >= 0.3 is 0 Å². The maximum Gasteiger partial charge on any atom is 0.187 e. The van der Waals surface area contributed by atoms with Crippen molar-refractivity contribution < 1.29 is 54.3 Å². The van der Waals surface area contributed by atoms with Gasteiger partial charge < -0.3 is 59.6 Å². The highest BCUT2D eigenvalue weighted by atomic mass is 16.7. The van der Waals surface area contributed by atoms with E-state index in [2.05, 4.69) is 10.6 Å². The lowest BCUT2D eigenvalue weighted by atomic mass is 9.94. The molecule has 228 valence electrons. The summed E-state index contributed by atoms with van der Waals surface area (Å²) >= 11 is 0. The third kappa shape index (κ3) is 7.52. The van der Waals surface area contributed by atoms with E-state index in [0.717, 1.165) is 11.1 Å². The molecule has 2 fully saturated rings. The molecule has 4 rings (SSSR count). The van der Waals surface area contributed by atoms with Crippen LogP contribution >= 0.6 is 0 Å². The van der Waals surface area contributed by atoms with Crippen LogP contribution in [0.1, 0.15) is 11.1 Å². The lowest BCUT2D eigenvalue weighted by molar-refractivity contribution is -0.333. The molecule has 8 N–H and O–H groups in total. The number of ether oxygens (including phenoxy) is 5. The van der Waals surface area contributed by atoms with Crippen molar-refractivity contribution in [1.29, 1.82) is 0 Å². The molecular weight excluding hydrogens is 540 g/mol. The van der Waals surface area contributed by atoms with E-state index in [1.807, 2.05) is 48.5 Å². The van der Waals surface area contributed by atoms with Crippen LogP contribution in [0.3, 0.4) is 0 Å². The van der Waals surface area contributed by atoms with Crippen LogP contribution in [-0.4, -0.2) is 119 Å². The molecule has 2 heterocycles. The van der Waals surface area contributed by atoms with Crippen LogP contribution in [0.5, 0.6) is 11.5 Å². The zero-order chi connectivity index (χ0) is 29.5. The van der Waals surface area contributed by atoms with Crippen molar-refractivity contribution in [3.8, 4) is 11.5 Å². The summed E-state index contributed by atoms with van der Waals surface area (Å²) in [5, 5.41) is 68.5. The van der Waals surface area contributed by atoms with Crippen molar-refractivity contribution >= 4 is 0 Å². The van der Waals surface area contributed by atoms with E-state index in [-0.39, 0.29) is 0 Å². The van der Waals surface area contributed by atoms with Gasteiger partial charge in [-0.05, 0) is 35.4 Å². The molecule has 0 aromatic heterocycles. The molecule has 41 heavy (non-hydrogen) atoms. The second-order valence-electron chi connectivity index (χ2n) is 10.1. The second-order valence-corrected chi connectivity index (χ2v) is 10.1. The molecule has 0 unspecified atom stereocenters. The van der Waals surface area contributed by atoms with Crippen LogP contribution in [-0.2, 0) is 27.3 Å². The third-order valence-corrected chi connectivity index (χ3v) is 7.41. The van der Waals surface area contributed by atoms with Gasteiger partial charge in [-0.3, -0.25) is 5.32 Å². The summed E-state index contributed by atoms with van der Waals surface area (Å²) in [6.07, 6.45) is -12.0. The Bertz CT molecular complexity index is 1060. The van der Waals surface area contributed by atoms with E-state index in [9.17, 15) is 30.6 Å². The molecule has 2 aliphatic heterocycles. The van der Waals surface area contributed by atoms with Crippen molar-refractivity contribution in [2.75, 3.05) is 27.4 Å². The van der Waals surface area contributed by atoms with E-state index in [4.69, 9.17) is 23.7 Å². The largest absolute Gasteiger partial charge is 0.497 e. The fourth-order valence-corrected chi connectivity index (χ4v) is 4.94. The minimum atomic E-state index is -1.68. The number of aliphatic hydroxyl groups is 6. The van der Waals surface area contributed by atoms with Crippen LogP contribution in [0.15, 0.2) is 48.5 Å². The Morgan fingerprint density at radius 1 is 0.659 bits per heavy atom. The van der Waals surface area contributed by atoms with E-state index in [1.54, 1.807) is 14.2 Å². The van der Waals surface area contributed by atoms with Gasteiger partial charge in [-0.25, -0.2) is 0 Å². The predicted octanol–water partition coefficient (Wildman–Crippen LogP) is -1.78. The molecule has 2 aliphatic rings. The minimum Gasteiger partial charge on any atom is -0.497 e. The molecule has 2 aromatic rings. The number of hydrogen-bond acceptors (Lipinski definition) is 13.